The van der Waals surface area contributed by atoms with Gasteiger partial charge in [-0.25, -0.2) is 0 Å². The summed E-state index contributed by atoms with van der Waals surface area (Å²) in [4.78, 5) is 23.3. The van der Waals surface area contributed by atoms with Crippen LogP contribution in [0.4, 0.5) is 5.69 Å². The molecule has 0 radical (unpaired) electrons. The van der Waals surface area contributed by atoms with Crippen LogP contribution in [0.15, 0.2) is 42.5 Å². The van der Waals surface area contributed by atoms with Gasteiger partial charge in [0.05, 0.1) is 5.56 Å². The lowest BCUT2D eigenvalue weighted by Crippen LogP contribution is -2.12. The minimum absolute atomic E-state index is 0.0433. The smallest absolute Gasteiger partial charge is 0.259 e. The van der Waals surface area contributed by atoms with Gasteiger partial charge in [0, 0.05) is 11.3 Å². The number of ketones is 1. The number of amides is 1. The van der Waals surface area contributed by atoms with Crippen molar-refractivity contribution < 1.29 is 19.8 Å². The van der Waals surface area contributed by atoms with Crippen LogP contribution in [0, 0.1) is 0 Å². The van der Waals surface area contributed by atoms with Gasteiger partial charge in [0.1, 0.15) is 0 Å². The normalized spacial score (nSPS) is 10.1. The van der Waals surface area contributed by atoms with Gasteiger partial charge in [0.25, 0.3) is 5.91 Å². The number of phenols is 2. The molecule has 20 heavy (non-hydrogen) atoms. The topological polar surface area (TPSA) is 86.6 Å². The molecule has 5 heteroatoms. The third-order valence-electron chi connectivity index (χ3n) is 2.79. The van der Waals surface area contributed by atoms with Crippen molar-refractivity contribution in [1.82, 2.24) is 0 Å². The lowest BCUT2D eigenvalue weighted by atomic mass is 10.1. The molecule has 0 saturated heterocycles. The fourth-order valence-corrected chi connectivity index (χ4v) is 1.73. The van der Waals surface area contributed by atoms with Crippen LogP contribution in [0.2, 0.25) is 0 Å². The van der Waals surface area contributed by atoms with Gasteiger partial charge >= 0.3 is 0 Å². The number of anilines is 1. The number of Topliss-reactive ketones (excluding diaryl/α,β-unsaturated/α-hetero) is 1. The molecule has 0 heterocycles. The zero-order valence-corrected chi connectivity index (χ0v) is 10.8. The van der Waals surface area contributed by atoms with Gasteiger partial charge in [0.2, 0.25) is 0 Å². The molecule has 2 rings (SSSR count). The van der Waals surface area contributed by atoms with Crippen molar-refractivity contribution in [3.8, 4) is 11.5 Å². The van der Waals surface area contributed by atoms with Crippen LogP contribution < -0.4 is 5.32 Å². The summed E-state index contributed by atoms with van der Waals surface area (Å²) < 4.78 is 0. The van der Waals surface area contributed by atoms with Crippen molar-refractivity contribution in [3.05, 3.63) is 53.6 Å². The minimum Gasteiger partial charge on any atom is -0.504 e. The maximum Gasteiger partial charge on any atom is 0.259 e. The second-order valence-electron chi connectivity index (χ2n) is 4.26. The average molecular weight is 271 g/mol. The number of carbonyl (C=O) groups excluding carboxylic acids is 2. The largest absolute Gasteiger partial charge is 0.504 e. The molecule has 102 valence electrons. The summed E-state index contributed by atoms with van der Waals surface area (Å²) in [6, 6.07) is 10.6. The second kappa shape index (κ2) is 5.44. The first-order chi connectivity index (χ1) is 9.49. The molecule has 3 N–H and O–H groups in total. The highest BCUT2D eigenvalue weighted by molar-refractivity contribution is 6.07. The van der Waals surface area contributed by atoms with Gasteiger partial charge in [-0.05, 0) is 31.2 Å². The van der Waals surface area contributed by atoms with E-state index in [1.807, 2.05) is 0 Å². The summed E-state index contributed by atoms with van der Waals surface area (Å²) in [7, 11) is 0. The first kappa shape index (κ1) is 13.6. The predicted octanol–water partition coefficient (Wildman–Crippen LogP) is 2.55. The molecular formula is C15H13NO4. The molecule has 0 aromatic heterocycles. The number of benzene rings is 2. The summed E-state index contributed by atoms with van der Waals surface area (Å²) in [6.45, 7) is 1.43. The summed E-state index contributed by atoms with van der Waals surface area (Å²) in [5, 5.41) is 21.5. The summed E-state index contributed by atoms with van der Waals surface area (Å²) in [6.07, 6.45) is 0. The van der Waals surface area contributed by atoms with Gasteiger partial charge in [-0.2, -0.15) is 0 Å². The van der Waals surface area contributed by atoms with Crippen molar-refractivity contribution in [1.29, 1.82) is 0 Å². The lowest BCUT2D eigenvalue weighted by molar-refractivity contribution is 0.101. The Morgan fingerprint density at radius 2 is 1.75 bits per heavy atom. The number of carbonyl (C=O) groups is 2. The Morgan fingerprint density at radius 1 is 1.05 bits per heavy atom. The molecule has 2 aromatic rings. The van der Waals surface area contributed by atoms with Crippen molar-refractivity contribution >= 4 is 17.4 Å². The minimum atomic E-state index is -0.570. The van der Waals surface area contributed by atoms with E-state index in [0.717, 1.165) is 0 Å². The van der Waals surface area contributed by atoms with Crippen molar-refractivity contribution in [3.63, 3.8) is 0 Å². The quantitative estimate of drug-likeness (QED) is 0.591. The average Bonchev–Trinajstić information content (AvgIpc) is 2.42. The monoisotopic (exact) mass is 271 g/mol. The van der Waals surface area contributed by atoms with E-state index in [0.29, 0.717) is 11.3 Å². The molecule has 0 fully saturated rings. The molecule has 0 aliphatic heterocycles. The van der Waals surface area contributed by atoms with Gasteiger partial charge in [0.15, 0.2) is 17.3 Å². The molecule has 0 saturated carbocycles. The Labute approximate surface area is 115 Å². The summed E-state index contributed by atoms with van der Waals surface area (Å²) in [5.41, 5.74) is 0.867. The van der Waals surface area contributed by atoms with E-state index >= 15 is 0 Å². The van der Waals surface area contributed by atoms with Gasteiger partial charge < -0.3 is 15.5 Å². The number of para-hydroxylation sites is 1. The number of phenolic OH excluding ortho intramolecular Hbond substituents is 2. The Morgan fingerprint density at radius 3 is 2.45 bits per heavy atom. The highest BCUT2D eigenvalue weighted by Gasteiger charge is 2.14. The maximum absolute atomic E-state index is 12.0. The van der Waals surface area contributed by atoms with E-state index in [1.54, 1.807) is 24.3 Å². The summed E-state index contributed by atoms with van der Waals surface area (Å²) in [5.74, 6) is -1.52. The van der Waals surface area contributed by atoms with Gasteiger partial charge in [-0.1, -0.05) is 18.2 Å². The van der Waals surface area contributed by atoms with Crippen LogP contribution in [0.5, 0.6) is 11.5 Å². The third kappa shape index (κ3) is 2.77. The zero-order valence-electron chi connectivity index (χ0n) is 10.8. The maximum atomic E-state index is 12.0. The highest BCUT2D eigenvalue weighted by atomic mass is 16.3. The first-order valence-electron chi connectivity index (χ1n) is 5.92. The van der Waals surface area contributed by atoms with Crippen molar-refractivity contribution in [2.45, 2.75) is 6.92 Å². The van der Waals surface area contributed by atoms with E-state index in [4.69, 9.17) is 0 Å². The van der Waals surface area contributed by atoms with E-state index in [-0.39, 0.29) is 17.1 Å². The van der Waals surface area contributed by atoms with E-state index in [9.17, 15) is 19.8 Å². The van der Waals surface area contributed by atoms with Gasteiger partial charge in [-0.3, -0.25) is 9.59 Å². The molecule has 0 spiro atoms. The second-order valence-corrected chi connectivity index (χ2v) is 4.26. The van der Waals surface area contributed by atoms with Crippen LogP contribution in [0.3, 0.4) is 0 Å². The number of hydrogen-bond acceptors (Lipinski definition) is 4. The van der Waals surface area contributed by atoms with Gasteiger partial charge in [-0.15, -0.1) is 0 Å². The Kier molecular flexibility index (Phi) is 3.70. The fraction of sp³-hybridized carbons (Fsp3) is 0.0667. The highest BCUT2D eigenvalue weighted by Crippen LogP contribution is 2.28. The predicted molar refractivity (Wildman–Crippen MR) is 74.2 cm³/mol. The van der Waals surface area contributed by atoms with Crippen LogP contribution in [-0.4, -0.2) is 21.9 Å². The number of hydrogen-bond donors (Lipinski definition) is 3. The Balaban J connectivity index is 2.26. The van der Waals surface area contributed by atoms with Crippen LogP contribution in [-0.2, 0) is 0 Å². The number of nitrogens with one attached hydrogen (secondary N) is 1. The van der Waals surface area contributed by atoms with E-state index < -0.39 is 11.7 Å². The van der Waals surface area contributed by atoms with Crippen molar-refractivity contribution in [2.75, 3.05) is 5.32 Å². The first-order valence-corrected chi connectivity index (χ1v) is 5.92. The SMILES string of the molecule is CC(=O)c1cccc(NC(=O)c2cccc(O)c2O)c1. The third-order valence-corrected chi connectivity index (χ3v) is 2.79. The van der Waals surface area contributed by atoms with E-state index in [2.05, 4.69) is 5.32 Å². The Hall–Kier alpha value is -2.82. The molecule has 5 nitrogen and oxygen atoms in total. The van der Waals surface area contributed by atoms with E-state index in [1.165, 1.54) is 25.1 Å². The molecule has 1 amide bonds. The van der Waals surface area contributed by atoms with Crippen molar-refractivity contribution in [2.24, 2.45) is 0 Å². The number of rotatable bonds is 3. The molecule has 0 unspecified atom stereocenters. The Bertz CT molecular complexity index is 679. The fourth-order valence-electron chi connectivity index (χ4n) is 1.73. The molecule has 0 bridgehead atoms. The lowest BCUT2D eigenvalue weighted by Gasteiger charge is -2.08. The standard InChI is InChI=1S/C15H13NO4/c1-9(17)10-4-2-5-11(8-10)16-15(20)12-6-3-7-13(18)14(12)19/h2-8,18-19H,1H3,(H,16,20). The molecule has 0 aliphatic rings. The zero-order chi connectivity index (χ0) is 14.7. The molecule has 2 aromatic carbocycles. The van der Waals surface area contributed by atoms with Crippen LogP contribution >= 0.6 is 0 Å². The molecular weight excluding hydrogens is 258 g/mol. The summed E-state index contributed by atoms with van der Waals surface area (Å²) >= 11 is 0. The van der Waals surface area contributed by atoms with Crippen LogP contribution in [0.1, 0.15) is 27.6 Å². The molecule has 0 aliphatic carbocycles. The number of aromatic hydroxyl groups is 2. The van der Waals surface area contributed by atoms with Crippen LogP contribution in [0.25, 0.3) is 0 Å². The molecule has 0 atom stereocenters.